The summed E-state index contributed by atoms with van der Waals surface area (Å²) in [6.07, 6.45) is 2.69. The van der Waals surface area contributed by atoms with Crippen LogP contribution in [0.3, 0.4) is 0 Å². The van der Waals surface area contributed by atoms with Gasteiger partial charge in [-0.15, -0.1) is 0 Å². The first kappa shape index (κ1) is 13.9. The van der Waals surface area contributed by atoms with Crippen molar-refractivity contribution in [1.82, 2.24) is 19.9 Å². The molecule has 0 amide bonds. The fourth-order valence-corrected chi connectivity index (χ4v) is 2.93. The molecule has 3 rings (SSSR count). The van der Waals surface area contributed by atoms with Crippen LogP contribution in [0, 0.1) is 0 Å². The van der Waals surface area contributed by atoms with Crippen molar-refractivity contribution >= 4 is 32.8 Å². The van der Waals surface area contributed by atoms with Gasteiger partial charge in [-0.1, -0.05) is 12.1 Å². The number of H-pyrrole nitrogens is 1. The van der Waals surface area contributed by atoms with E-state index in [4.69, 9.17) is 5.73 Å². The maximum Gasteiger partial charge on any atom is 0.280 e. The Balaban J connectivity index is 2.07. The molecule has 0 atom stereocenters. The predicted molar refractivity (Wildman–Crippen MR) is 79.6 cm³/mol. The summed E-state index contributed by atoms with van der Waals surface area (Å²) in [5, 5.41) is 0. The molecule has 2 aromatic heterocycles. The maximum atomic E-state index is 12.3. The molecule has 9 nitrogen and oxygen atoms in total. The SMILES string of the molecule is Nc1ccccc1S(=O)(=O)Nc1nc2nccnc2c(=O)[nH]1. The number of rotatable bonds is 3. The van der Waals surface area contributed by atoms with E-state index in [0.29, 0.717) is 0 Å². The van der Waals surface area contributed by atoms with Gasteiger partial charge in [0.1, 0.15) is 4.90 Å². The second-order valence-electron chi connectivity index (χ2n) is 4.29. The molecule has 0 aliphatic carbocycles. The number of nitrogen functional groups attached to an aromatic ring is 1. The summed E-state index contributed by atoms with van der Waals surface area (Å²) in [5.41, 5.74) is 5.18. The Morgan fingerprint density at radius 3 is 2.64 bits per heavy atom. The van der Waals surface area contributed by atoms with Crippen LogP contribution in [0.5, 0.6) is 0 Å². The summed E-state index contributed by atoms with van der Waals surface area (Å²) in [6.45, 7) is 0. The van der Waals surface area contributed by atoms with Crippen LogP contribution in [0.4, 0.5) is 11.6 Å². The lowest BCUT2D eigenvalue weighted by Gasteiger charge is -2.09. The number of para-hydroxylation sites is 1. The van der Waals surface area contributed by atoms with Crippen LogP contribution < -0.4 is 16.0 Å². The highest BCUT2D eigenvalue weighted by molar-refractivity contribution is 7.92. The van der Waals surface area contributed by atoms with Crippen molar-refractivity contribution in [3.05, 3.63) is 47.0 Å². The van der Waals surface area contributed by atoms with E-state index in [1.54, 1.807) is 6.07 Å². The first-order chi connectivity index (χ1) is 10.5. The summed E-state index contributed by atoms with van der Waals surface area (Å²) in [4.78, 5) is 25.6. The van der Waals surface area contributed by atoms with Gasteiger partial charge in [-0.2, -0.15) is 4.98 Å². The lowest BCUT2D eigenvalue weighted by Crippen LogP contribution is -2.20. The summed E-state index contributed by atoms with van der Waals surface area (Å²) < 4.78 is 26.7. The maximum absolute atomic E-state index is 12.3. The number of hydrogen-bond donors (Lipinski definition) is 3. The Labute approximate surface area is 124 Å². The topological polar surface area (TPSA) is 144 Å². The van der Waals surface area contributed by atoms with Crippen molar-refractivity contribution in [2.45, 2.75) is 4.90 Å². The molecule has 0 aliphatic heterocycles. The molecule has 0 saturated heterocycles. The number of nitrogens with zero attached hydrogens (tertiary/aromatic N) is 3. The number of sulfonamides is 1. The Hall–Kier alpha value is -3.01. The standard InChI is InChI=1S/C12H10N6O3S/c13-7-3-1-2-4-8(7)22(20,21)18-12-16-10-9(11(19)17-12)14-5-6-15-10/h1-6H,13H2,(H2,15,16,17,18,19). The van der Waals surface area contributed by atoms with Crippen LogP contribution in [-0.4, -0.2) is 28.4 Å². The Morgan fingerprint density at radius 2 is 1.86 bits per heavy atom. The highest BCUT2D eigenvalue weighted by atomic mass is 32.2. The van der Waals surface area contributed by atoms with Gasteiger partial charge >= 0.3 is 0 Å². The first-order valence-corrected chi connectivity index (χ1v) is 7.54. The monoisotopic (exact) mass is 318 g/mol. The van der Waals surface area contributed by atoms with Crippen LogP contribution in [0.2, 0.25) is 0 Å². The lowest BCUT2D eigenvalue weighted by molar-refractivity contribution is 0.601. The van der Waals surface area contributed by atoms with Crippen molar-refractivity contribution in [1.29, 1.82) is 0 Å². The number of aromatic nitrogens is 4. The van der Waals surface area contributed by atoms with E-state index in [2.05, 4.69) is 24.7 Å². The number of hydrogen-bond acceptors (Lipinski definition) is 7. The van der Waals surface area contributed by atoms with Gasteiger partial charge in [-0.25, -0.2) is 23.1 Å². The smallest absolute Gasteiger partial charge is 0.280 e. The molecule has 10 heteroatoms. The van der Waals surface area contributed by atoms with Gasteiger partial charge in [0.15, 0.2) is 11.2 Å². The Bertz CT molecular complexity index is 1010. The summed E-state index contributed by atoms with van der Waals surface area (Å²) in [5.74, 6) is -0.263. The van der Waals surface area contributed by atoms with Crippen molar-refractivity contribution in [2.75, 3.05) is 10.5 Å². The minimum absolute atomic E-state index is 0.0182. The third-order valence-electron chi connectivity index (χ3n) is 2.78. The Morgan fingerprint density at radius 1 is 1.14 bits per heavy atom. The van der Waals surface area contributed by atoms with E-state index in [1.807, 2.05) is 0 Å². The molecule has 0 fully saturated rings. The molecule has 0 aliphatic rings. The highest BCUT2D eigenvalue weighted by Crippen LogP contribution is 2.19. The quantitative estimate of drug-likeness (QED) is 0.581. The van der Waals surface area contributed by atoms with Crippen molar-refractivity contribution in [2.24, 2.45) is 0 Å². The fourth-order valence-electron chi connectivity index (χ4n) is 1.83. The average molecular weight is 318 g/mol. The normalized spacial score (nSPS) is 11.5. The minimum Gasteiger partial charge on any atom is -0.398 e. The number of anilines is 2. The summed E-state index contributed by atoms with van der Waals surface area (Å²) >= 11 is 0. The molecule has 112 valence electrons. The van der Waals surface area contributed by atoms with Crippen LogP contribution >= 0.6 is 0 Å². The van der Waals surface area contributed by atoms with Gasteiger partial charge in [0.05, 0.1) is 5.69 Å². The van der Waals surface area contributed by atoms with E-state index in [9.17, 15) is 13.2 Å². The Kier molecular flexibility index (Phi) is 3.22. The van der Waals surface area contributed by atoms with Crippen LogP contribution in [0.1, 0.15) is 0 Å². The summed E-state index contributed by atoms with van der Waals surface area (Å²) in [6, 6.07) is 5.94. The van der Waals surface area contributed by atoms with E-state index >= 15 is 0 Å². The predicted octanol–water partition coefficient (Wildman–Crippen LogP) is 0.0961. The molecule has 0 bridgehead atoms. The third kappa shape index (κ3) is 2.46. The number of aromatic amines is 1. The molecule has 4 N–H and O–H groups in total. The number of nitrogens with one attached hydrogen (secondary N) is 2. The molecule has 0 saturated carbocycles. The van der Waals surface area contributed by atoms with Gasteiger partial charge < -0.3 is 5.73 Å². The average Bonchev–Trinajstić information content (AvgIpc) is 2.47. The molecule has 1 aromatic carbocycles. The second-order valence-corrected chi connectivity index (χ2v) is 5.94. The molecule has 0 spiro atoms. The molecule has 22 heavy (non-hydrogen) atoms. The van der Waals surface area contributed by atoms with Gasteiger partial charge in [-0.3, -0.25) is 9.78 Å². The van der Waals surface area contributed by atoms with Crippen molar-refractivity contribution in [3.8, 4) is 0 Å². The zero-order chi connectivity index (χ0) is 15.7. The highest BCUT2D eigenvalue weighted by Gasteiger charge is 2.19. The largest absolute Gasteiger partial charge is 0.398 e. The van der Waals surface area contributed by atoms with Crippen LogP contribution in [0.25, 0.3) is 11.2 Å². The van der Waals surface area contributed by atoms with Gasteiger partial charge in [-0.05, 0) is 12.1 Å². The van der Waals surface area contributed by atoms with Gasteiger partial charge in [0, 0.05) is 12.4 Å². The second kappa shape index (κ2) is 5.07. The van der Waals surface area contributed by atoms with E-state index in [-0.39, 0.29) is 27.7 Å². The van der Waals surface area contributed by atoms with E-state index in [0.717, 1.165) is 0 Å². The number of benzene rings is 1. The third-order valence-corrected chi connectivity index (χ3v) is 4.20. The van der Waals surface area contributed by atoms with Gasteiger partial charge in [0.2, 0.25) is 5.95 Å². The molecule has 2 heterocycles. The minimum atomic E-state index is -3.99. The van der Waals surface area contributed by atoms with Gasteiger partial charge in [0.25, 0.3) is 15.6 Å². The zero-order valence-corrected chi connectivity index (χ0v) is 11.8. The van der Waals surface area contributed by atoms with Crippen molar-refractivity contribution in [3.63, 3.8) is 0 Å². The molecular formula is C12H10N6O3S. The van der Waals surface area contributed by atoms with E-state index < -0.39 is 15.6 Å². The fraction of sp³-hybridized carbons (Fsp3) is 0. The molecule has 0 unspecified atom stereocenters. The summed E-state index contributed by atoms with van der Waals surface area (Å²) in [7, 11) is -3.99. The van der Waals surface area contributed by atoms with Crippen LogP contribution in [-0.2, 0) is 10.0 Å². The lowest BCUT2D eigenvalue weighted by atomic mass is 10.3. The first-order valence-electron chi connectivity index (χ1n) is 6.06. The van der Waals surface area contributed by atoms with E-state index in [1.165, 1.54) is 30.6 Å². The molecule has 3 aromatic rings. The zero-order valence-electron chi connectivity index (χ0n) is 11.0. The number of fused-ring (bicyclic) bond motifs is 1. The molecular weight excluding hydrogens is 308 g/mol. The van der Waals surface area contributed by atoms with Crippen molar-refractivity contribution < 1.29 is 8.42 Å². The number of nitrogens with two attached hydrogens (primary N) is 1. The van der Waals surface area contributed by atoms with Crippen LogP contribution in [0.15, 0.2) is 46.3 Å². The molecule has 0 radical (unpaired) electrons.